The molecule has 2 heterocycles. The molecule has 0 saturated heterocycles. The Morgan fingerprint density at radius 1 is 0.500 bits per heavy atom. The van der Waals surface area contributed by atoms with Gasteiger partial charge in [0.25, 0.3) is 11.8 Å². The average Bonchev–Trinajstić information content (AvgIpc) is 3.31. The zero-order valence-corrected chi connectivity index (χ0v) is 16.1. The number of hydrogen-bond donors (Lipinski definition) is 2. The Labute approximate surface area is 173 Å². The van der Waals surface area contributed by atoms with Crippen LogP contribution in [0.5, 0.6) is 0 Å². The first-order chi connectivity index (χ1) is 14.7. The summed E-state index contributed by atoms with van der Waals surface area (Å²) in [7, 11) is 0. The summed E-state index contributed by atoms with van der Waals surface area (Å²) in [5, 5.41) is 10.4. The molecule has 0 aromatic heterocycles. The molecule has 0 spiro atoms. The Morgan fingerprint density at radius 2 is 0.900 bits per heavy atom. The van der Waals surface area contributed by atoms with Crippen molar-refractivity contribution in [1.82, 2.24) is 10.6 Å². The smallest absolute Gasteiger partial charge is 0.250 e. The van der Waals surface area contributed by atoms with Crippen LogP contribution in [0.3, 0.4) is 0 Å². The summed E-state index contributed by atoms with van der Waals surface area (Å²) in [4.78, 5) is 26.2. The zero-order chi connectivity index (χ0) is 20.2. The van der Waals surface area contributed by atoms with Gasteiger partial charge in [-0.05, 0) is 32.7 Å². The topological polar surface area (TPSA) is 58.2 Å². The van der Waals surface area contributed by atoms with Gasteiger partial charge in [-0.1, -0.05) is 84.9 Å². The van der Waals surface area contributed by atoms with Crippen LogP contribution in [-0.2, 0) is 9.59 Å². The molecule has 0 aliphatic carbocycles. The number of carbonyl (C=O) groups excluding carboxylic acids is 2. The van der Waals surface area contributed by atoms with Gasteiger partial charge in [-0.15, -0.1) is 0 Å². The van der Waals surface area contributed by atoms with E-state index in [1.807, 2.05) is 84.9 Å². The van der Waals surface area contributed by atoms with E-state index in [1.54, 1.807) is 0 Å². The zero-order valence-electron chi connectivity index (χ0n) is 16.1. The summed E-state index contributed by atoms with van der Waals surface area (Å²) in [5.74, 6) is -0.363. The van der Waals surface area contributed by atoms with Gasteiger partial charge in [0.2, 0.25) is 0 Å². The van der Waals surface area contributed by atoms with Crippen LogP contribution in [0.2, 0.25) is 0 Å². The van der Waals surface area contributed by atoms with Gasteiger partial charge in [0, 0.05) is 0 Å². The van der Waals surface area contributed by atoms with Crippen LogP contribution in [0, 0.1) is 0 Å². The number of fused-ring (bicyclic) bond motifs is 2. The lowest BCUT2D eigenvalue weighted by Gasteiger charge is -2.19. The molecule has 4 nitrogen and oxygen atoms in total. The monoisotopic (exact) mass is 390 g/mol. The first-order valence-electron chi connectivity index (χ1n) is 10.0. The maximum Gasteiger partial charge on any atom is 0.250 e. The van der Waals surface area contributed by atoms with Crippen LogP contribution >= 0.6 is 0 Å². The van der Waals surface area contributed by atoms with Crippen molar-refractivity contribution in [2.45, 2.75) is 12.1 Å². The minimum atomic E-state index is -0.446. The van der Waals surface area contributed by atoms with E-state index in [2.05, 4.69) is 10.6 Å². The molecule has 0 radical (unpaired) electrons. The molecule has 30 heavy (non-hydrogen) atoms. The highest BCUT2D eigenvalue weighted by atomic mass is 16.2. The van der Waals surface area contributed by atoms with Gasteiger partial charge in [0.05, 0.1) is 23.2 Å². The van der Waals surface area contributed by atoms with Crippen molar-refractivity contribution >= 4 is 33.4 Å². The summed E-state index contributed by atoms with van der Waals surface area (Å²) in [6, 6.07) is 27.2. The van der Waals surface area contributed by atoms with Crippen LogP contribution in [-0.4, -0.2) is 11.8 Å². The molecule has 2 aliphatic rings. The highest BCUT2D eigenvalue weighted by molar-refractivity contribution is 6.15. The minimum Gasteiger partial charge on any atom is -0.341 e. The molecule has 0 fully saturated rings. The Hall–Kier alpha value is -3.92. The molecule has 0 bridgehead atoms. The van der Waals surface area contributed by atoms with Crippen LogP contribution in [0.15, 0.2) is 96.1 Å². The molecular weight excluding hydrogens is 372 g/mol. The van der Waals surface area contributed by atoms with E-state index < -0.39 is 12.1 Å². The van der Waals surface area contributed by atoms with Crippen molar-refractivity contribution in [2.75, 3.05) is 0 Å². The van der Waals surface area contributed by atoms with E-state index in [0.29, 0.717) is 11.1 Å². The van der Waals surface area contributed by atoms with Crippen molar-refractivity contribution < 1.29 is 9.59 Å². The number of nitrogens with one attached hydrogen (secondary N) is 2. The normalized spacial score (nSPS) is 20.5. The molecule has 2 amide bonds. The first-order valence-corrected chi connectivity index (χ1v) is 10.0. The van der Waals surface area contributed by atoms with Gasteiger partial charge in [-0.3, -0.25) is 9.59 Å². The Kier molecular flexibility index (Phi) is 3.56. The van der Waals surface area contributed by atoms with Crippen molar-refractivity contribution in [2.24, 2.45) is 0 Å². The molecule has 6 rings (SSSR count). The van der Waals surface area contributed by atoms with Crippen molar-refractivity contribution in [1.29, 1.82) is 0 Å². The van der Waals surface area contributed by atoms with Gasteiger partial charge in [0.15, 0.2) is 0 Å². The van der Waals surface area contributed by atoms with E-state index in [0.717, 1.165) is 32.7 Å². The van der Waals surface area contributed by atoms with E-state index in [4.69, 9.17) is 0 Å². The predicted molar refractivity (Wildman–Crippen MR) is 117 cm³/mol. The number of benzene rings is 4. The first kappa shape index (κ1) is 17.0. The second kappa shape index (κ2) is 6.29. The highest BCUT2D eigenvalue weighted by Crippen LogP contribution is 2.43. The fourth-order valence-electron chi connectivity index (χ4n) is 4.85. The number of amides is 2. The van der Waals surface area contributed by atoms with Crippen LogP contribution in [0.25, 0.3) is 21.5 Å². The minimum absolute atomic E-state index is 0.181. The molecule has 2 aliphatic heterocycles. The third-order valence-electron chi connectivity index (χ3n) is 6.18. The van der Waals surface area contributed by atoms with E-state index in [-0.39, 0.29) is 11.8 Å². The van der Waals surface area contributed by atoms with Crippen molar-refractivity contribution in [3.05, 3.63) is 107 Å². The maximum atomic E-state index is 13.1. The van der Waals surface area contributed by atoms with Gasteiger partial charge in [0.1, 0.15) is 0 Å². The summed E-state index contributed by atoms with van der Waals surface area (Å²) in [6.07, 6.45) is 0. The molecule has 0 saturated carbocycles. The standard InChI is InChI=1S/C26H18N2O2/c29-25-21-22(24(28-25)20-14-6-10-16-8-2-4-12-18(16)20)26(30)27-23(21)19-13-5-9-15-7-1-3-11-17(15)19/h1-14,23-24H,(H,27,30)(H,28,29). The van der Waals surface area contributed by atoms with Crippen LogP contribution in [0.1, 0.15) is 23.2 Å². The molecule has 2 atom stereocenters. The summed E-state index contributed by atoms with van der Waals surface area (Å²) in [5.41, 5.74) is 2.96. The number of carbonyl (C=O) groups is 2. The fourth-order valence-corrected chi connectivity index (χ4v) is 4.85. The van der Waals surface area contributed by atoms with E-state index in [9.17, 15) is 9.59 Å². The van der Waals surface area contributed by atoms with E-state index in [1.165, 1.54) is 0 Å². The lowest BCUT2D eigenvalue weighted by atomic mass is 9.91. The van der Waals surface area contributed by atoms with Gasteiger partial charge in [-0.2, -0.15) is 0 Å². The molecule has 144 valence electrons. The maximum absolute atomic E-state index is 13.1. The summed E-state index contributed by atoms with van der Waals surface area (Å²) >= 11 is 0. The fraction of sp³-hybridized carbons (Fsp3) is 0.0769. The van der Waals surface area contributed by atoms with Gasteiger partial charge < -0.3 is 10.6 Å². The van der Waals surface area contributed by atoms with Crippen LogP contribution < -0.4 is 10.6 Å². The highest BCUT2D eigenvalue weighted by Gasteiger charge is 2.46. The lowest BCUT2D eigenvalue weighted by molar-refractivity contribution is -0.118. The molecule has 4 heteroatoms. The third-order valence-corrected chi connectivity index (χ3v) is 6.18. The second-order valence-corrected chi connectivity index (χ2v) is 7.78. The Morgan fingerprint density at radius 3 is 1.37 bits per heavy atom. The predicted octanol–water partition coefficient (Wildman–Crippen LogP) is 4.33. The molecule has 2 unspecified atom stereocenters. The third kappa shape index (κ3) is 2.34. The van der Waals surface area contributed by atoms with Crippen molar-refractivity contribution in [3.8, 4) is 0 Å². The number of hydrogen-bond acceptors (Lipinski definition) is 2. The van der Waals surface area contributed by atoms with Crippen LogP contribution in [0.4, 0.5) is 0 Å². The van der Waals surface area contributed by atoms with Gasteiger partial charge >= 0.3 is 0 Å². The molecule has 4 aromatic rings. The van der Waals surface area contributed by atoms with Gasteiger partial charge in [-0.25, -0.2) is 0 Å². The summed E-state index contributed by atoms with van der Waals surface area (Å²) < 4.78 is 0. The van der Waals surface area contributed by atoms with Crippen molar-refractivity contribution in [3.63, 3.8) is 0 Å². The summed E-state index contributed by atoms with van der Waals surface area (Å²) in [6.45, 7) is 0. The van der Waals surface area contributed by atoms with E-state index >= 15 is 0 Å². The largest absolute Gasteiger partial charge is 0.341 e. The SMILES string of the molecule is O=C1NC(c2cccc3ccccc23)C2=C1C(c1cccc3ccccc13)NC2=O. The molecule has 2 N–H and O–H groups in total. The quantitative estimate of drug-likeness (QED) is 0.535. The average molecular weight is 390 g/mol. The lowest BCUT2D eigenvalue weighted by Crippen LogP contribution is -2.33. The molecular formula is C26H18N2O2. The second-order valence-electron chi connectivity index (χ2n) is 7.78. The number of rotatable bonds is 2. The Bertz CT molecular complexity index is 1280. The molecule has 4 aromatic carbocycles. The Balaban J connectivity index is 1.53.